The van der Waals surface area contributed by atoms with Crippen LogP contribution in [0.4, 0.5) is 5.69 Å². The Labute approximate surface area is 211 Å². The van der Waals surface area contributed by atoms with Crippen molar-refractivity contribution in [3.05, 3.63) is 75.6 Å². The van der Waals surface area contributed by atoms with Crippen LogP contribution in [0.15, 0.2) is 70.2 Å². The van der Waals surface area contributed by atoms with E-state index in [0.717, 1.165) is 19.7 Å². The van der Waals surface area contributed by atoms with Gasteiger partial charge in [-0.25, -0.2) is 18.6 Å². The number of sulfonamides is 1. The monoisotopic (exact) mass is 595 g/mol. The van der Waals surface area contributed by atoms with E-state index in [0.29, 0.717) is 29.4 Å². The minimum Gasteiger partial charge on any atom is -0.462 e. The predicted molar refractivity (Wildman–Crippen MR) is 137 cm³/mol. The minimum absolute atomic E-state index is 0.302. The number of esters is 1. The molecule has 1 heterocycles. The molecule has 0 saturated carbocycles. The van der Waals surface area contributed by atoms with Crippen LogP contribution in [-0.2, 0) is 19.6 Å². The number of carbonyl (C=O) groups is 2. The van der Waals surface area contributed by atoms with E-state index in [4.69, 9.17) is 9.15 Å². The van der Waals surface area contributed by atoms with Gasteiger partial charge in [0.2, 0.25) is 10.0 Å². The quantitative estimate of drug-likeness (QED) is 0.175. The SMILES string of the molecule is CCOC(=O)c1ccc(-c2ccc(/C=N\NC(=O)CN(c3ccc(I)cc3)S(C)(=O)=O)o2)cc1. The van der Waals surface area contributed by atoms with E-state index in [1.165, 1.54) is 6.21 Å². The van der Waals surface area contributed by atoms with Gasteiger partial charge in [-0.15, -0.1) is 0 Å². The Morgan fingerprint density at radius 3 is 2.38 bits per heavy atom. The number of amides is 1. The highest BCUT2D eigenvalue weighted by atomic mass is 127. The molecule has 0 fully saturated rings. The summed E-state index contributed by atoms with van der Waals surface area (Å²) in [5.41, 5.74) is 3.88. The molecule has 1 aromatic heterocycles. The molecule has 3 aromatic rings. The fraction of sp³-hybridized carbons (Fsp3) is 0.174. The van der Waals surface area contributed by atoms with Gasteiger partial charge in [-0.1, -0.05) is 12.1 Å². The van der Waals surface area contributed by atoms with Crippen molar-refractivity contribution < 1.29 is 27.2 Å². The highest BCUT2D eigenvalue weighted by Crippen LogP contribution is 2.22. The van der Waals surface area contributed by atoms with Gasteiger partial charge in [-0.2, -0.15) is 5.10 Å². The summed E-state index contributed by atoms with van der Waals surface area (Å²) in [6.07, 6.45) is 2.34. The summed E-state index contributed by atoms with van der Waals surface area (Å²) < 4.78 is 36.9. The van der Waals surface area contributed by atoms with Crippen molar-refractivity contribution in [2.75, 3.05) is 23.7 Å². The average molecular weight is 595 g/mol. The number of nitrogens with zero attached hydrogens (tertiary/aromatic N) is 2. The van der Waals surface area contributed by atoms with Crippen molar-refractivity contribution in [2.45, 2.75) is 6.92 Å². The normalized spacial score (nSPS) is 11.4. The number of benzene rings is 2. The van der Waals surface area contributed by atoms with Gasteiger partial charge in [-0.3, -0.25) is 9.10 Å². The maximum Gasteiger partial charge on any atom is 0.338 e. The molecule has 178 valence electrons. The van der Waals surface area contributed by atoms with Gasteiger partial charge in [0.15, 0.2) is 0 Å². The Hall–Kier alpha value is -3.19. The molecule has 3 rings (SSSR count). The van der Waals surface area contributed by atoms with Crippen molar-refractivity contribution >= 4 is 56.4 Å². The lowest BCUT2D eigenvalue weighted by atomic mass is 10.1. The Kier molecular flexibility index (Phi) is 8.45. The number of furan rings is 1. The van der Waals surface area contributed by atoms with E-state index in [1.54, 1.807) is 67.6 Å². The molecule has 11 heteroatoms. The molecule has 0 saturated heterocycles. The molecule has 0 bridgehead atoms. The van der Waals surface area contributed by atoms with E-state index in [9.17, 15) is 18.0 Å². The van der Waals surface area contributed by atoms with Crippen molar-refractivity contribution in [1.82, 2.24) is 5.43 Å². The van der Waals surface area contributed by atoms with Crippen molar-refractivity contribution in [3.8, 4) is 11.3 Å². The number of hydrogen-bond donors (Lipinski definition) is 1. The Morgan fingerprint density at radius 1 is 1.09 bits per heavy atom. The number of hydrogen-bond acceptors (Lipinski definition) is 7. The van der Waals surface area contributed by atoms with Gasteiger partial charge >= 0.3 is 5.97 Å². The maximum absolute atomic E-state index is 12.3. The number of ether oxygens (including phenoxy) is 1. The average Bonchev–Trinajstić information content (AvgIpc) is 3.27. The maximum atomic E-state index is 12.3. The van der Waals surface area contributed by atoms with Gasteiger partial charge < -0.3 is 9.15 Å². The first kappa shape index (κ1) is 25.4. The van der Waals surface area contributed by atoms with Crippen LogP contribution in [0.1, 0.15) is 23.0 Å². The fourth-order valence-electron chi connectivity index (χ4n) is 2.90. The highest BCUT2D eigenvalue weighted by molar-refractivity contribution is 14.1. The summed E-state index contributed by atoms with van der Waals surface area (Å²) in [5, 5.41) is 3.85. The van der Waals surface area contributed by atoms with Crippen LogP contribution in [0.3, 0.4) is 0 Å². The van der Waals surface area contributed by atoms with Gasteiger partial charge in [0.05, 0.1) is 30.3 Å². The molecule has 1 amide bonds. The van der Waals surface area contributed by atoms with Crippen LogP contribution < -0.4 is 9.73 Å². The van der Waals surface area contributed by atoms with Crippen molar-refractivity contribution in [3.63, 3.8) is 0 Å². The largest absolute Gasteiger partial charge is 0.462 e. The van der Waals surface area contributed by atoms with Gasteiger partial charge in [0.1, 0.15) is 18.1 Å². The van der Waals surface area contributed by atoms with Gasteiger partial charge in [0, 0.05) is 9.13 Å². The molecule has 0 radical (unpaired) electrons. The Morgan fingerprint density at radius 2 is 1.76 bits per heavy atom. The summed E-state index contributed by atoms with van der Waals surface area (Å²) in [7, 11) is -3.67. The lowest BCUT2D eigenvalue weighted by Crippen LogP contribution is -2.39. The second-order valence-corrected chi connectivity index (χ2v) is 10.2. The third-order valence-corrected chi connectivity index (χ3v) is 6.35. The van der Waals surface area contributed by atoms with Crippen molar-refractivity contribution in [1.29, 1.82) is 0 Å². The number of rotatable bonds is 9. The smallest absolute Gasteiger partial charge is 0.338 e. The molecule has 0 unspecified atom stereocenters. The van der Waals surface area contributed by atoms with Crippen LogP contribution >= 0.6 is 22.6 Å². The number of halogens is 1. The lowest BCUT2D eigenvalue weighted by Gasteiger charge is -2.21. The Bertz CT molecular complexity index is 1280. The fourth-order valence-corrected chi connectivity index (χ4v) is 4.12. The molecule has 0 spiro atoms. The van der Waals surface area contributed by atoms with Crippen molar-refractivity contribution in [2.24, 2.45) is 5.10 Å². The third-order valence-electron chi connectivity index (χ3n) is 4.49. The standard InChI is InChI=1S/C23H22IN3O6S/c1-3-32-23(29)17-6-4-16(5-7-17)21-13-12-20(33-21)14-25-26-22(28)15-27(34(2,30)31)19-10-8-18(24)9-11-19/h4-14H,3,15H2,1-2H3,(H,26,28)/b25-14-. The van der Waals surface area contributed by atoms with Crippen LogP contribution in [0.25, 0.3) is 11.3 Å². The lowest BCUT2D eigenvalue weighted by molar-refractivity contribution is -0.119. The molecule has 1 N–H and O–H groups in total. The third kappa shape index (κ3) is 6.90. The predicted octanol–water partition coefficient (Wildman–Crippen LogP) is 3.64. The molecule has 34 heavy (non-hydrogen) atoms. The summed E-state index contributed by atoms with van der Waals surface area (Å²) in [6, 6.07) is 16.9. The molecule has 0 aliphatic heterocycles. The number of nitrogens with one attached hydrogen (secondary N) is 1. The molecule has 9 nitrogen and oxygen atoms in total. The topological polar surface area (TPSA) is 118 Å². The van der Waals surface area contributed by atoms with Crippen LogP contribution in [0.5, 0.6) is 0 Å². The second kappa shape index (κ2) is 11.3. The zero-order valence-electron chi connectivity index (χ0n) is 18.4. The summed E-state index contributed by atoms with van der Waals surface area (Å²) >= 11 is 2.11. The molecule has 0 aliphatic rings. The second-order valence-electron chi connectivity index (χ2n) is 7.04. The zero-order valence-corrected chi connectivity index (χ0v) is 21.4. The molecule has 2 aromatic carbocycles. The Balaban J connectivity index is 1.61. The van der Waals surface area contributed by atoms with E-state index >= 15 is 0 Å². The first-order valence-electron chi connectivity index (χ1n) is 10.1. The van der Waals surface area contributed by atoms with E-state index in [1.807, 2.05) is 0 Å². The minimum atomic E-state index is -3.67. The number of hydrazone groups is 1. The van der Waals surface area contributed by atoms with E-state index in [-0.39, 0.29) is 0 Å². The molecular weight excluding hydrogens is 573 g/mol. The first-order chi connectivity index (χ1) is 16.2. The van der Waals surface area contributed by atoms with E-state index < -0.39 is 28.4 Å². The summed E-state index contributed by atoms with van der Waals surface area (Å²) in [6.45, 7) is 1.62. The molecular formula is C23H22IN3O6S. The summed E-state index contributed by atoms with van der Waals surface area (Å²) in [5.74, 6) is -0.0809. The highest BCUT2D eigenvalue weighted by Gasteiger charge is 2.20. The summed E-state index contributed by atoms with van der Waals surface area (Å²) in [4.78, 5) is 24.0. The van der Waals surface area contributed by atoms with Crippen LogP contribution in [0, 0.1) is 3.57 Å². The molecule has 0 atom stereocenters. The van der Waals surface area contributed by atoms with Crippen LogP contribution in [0.2, 0.25) is 0 Å². The van der Waals surface area contributed by atoms with E-state index in [2.05, 4.69) is 33.1 Å². The first-order valence-corrected chi connectivity index (χ1v) is 13.0. The molecule has 0 aliphatic carbocycles. The number of carbonyl (C=O) groups excluding carboxylic acids is 2. The van der Waals surface area contributed by atoms with Crippen LogP contribution in [-0.4, -0.2) is 45.9 Å². The van der Waals surface area contributed by atoms with Gasteiger partial charge in [-0.05, 0) is 78.0 Å². The zero-order chi connectivity index (χ0) is 24.7. The van der Waals surface area contributed by atoms with Gasteiger partial charge in [0.25, 0.3) is 5.91 Å². The number of anilines is 1.